The number of hydrogen-bond acceptors (Lipinski definition) is 4. The number of pyridine rings is 1. The van der Waals surface area contributed by atoms with Crippen LogP contribution in [0.3, 0.4) is 0 Å². The number of aromatic nitrogens is 1. The molecule has 1 atom stereocenters. The number of para-hydroxylation sites is 1. The first kappa shape index (κ1) is 25.7. The van der Waals surface area contributed by atoms with Crippen LogP contribution in [0.15, 0.2) is 83.8 Å². The Balaban J connectivity index is 1.26. The zero-order valence-electron chi connectivity index (χ0n) is 22.1. The number of nitrogens with zero attached hydrogens (tertiary/aromatic N) is 3. The molecule has 1 fully saturated rings. The summed E-state index contributed by atoms with van der Waals surface area (Å²) in [6.45, 7) is 5.81. The zero-order chi connectivity index (χ0) is 27.0. The number of rotatable bonds is 5. The fourth-order valence-electron chi connectivity index (χ4n) is 5.76. The first-order chi connectivity index (χ1) is 18.9. The zero-order valence-corrected chi connectivity index (χ0v) is 23.0. The number of nitrogens with one attached hydrogen (secondary N) is 1. The molecule has 2 aliphatic rings. The predicted octanol–water partition coefficient (Wildman–Crippen LogP) is 2.83. The van der Waals surface area contributed by atoms with E-state index in [1.807, 2.05) is 54.3 Å². The van der Waals surface area contributed by atoms with Crippen LogP contribution in [-0.4, -0.2) is 61.2 Å². The molecule has 8 heteroatoms. The first-order valence-electron chi connectivity index (χ1n) is 13.5. The van der Waals surface area contributed by atoms with Crippen LogP contribution in [0.25, 0.3) is 10.9 Å². The smallest absolute Gasteiger partial charge is 0.255 e. The van der Waals surface area contributed by atoms with Crippen molar-refractivity contribution in [2.45, 2.75) is 31.3 Å². The van der Waals surface area contributed by atoms with E-state index in [0.29, 0.717) is 18.0 Å². The highest BCUT2D eigenvalue weighted by Gasteiger charge is 2.34. The molecule has 0 spiro atoms. The number of amides is 1. The van der Waals surface area contributed by atoms with E-state index in [-0.39, 0.29) is 19.0 Å². The molecule has 200 valence electrons. The Morgan fingerprint density at radius 3 is 2.33 bits per heavy atom. The van der Waals surface area contributed by atoms with Gasteiger partial charge in [0.15, 0.2) is 0 Å². The van der Waals surface area contributed by atoms with Gasteiger partial charge < -0.3 is 9.80 Å². The van der Waals surface area contributed by atoms with Crippen LogP contribution in [0.1, 0.15) is 32.7 Å². The van der Waals surface area contributed by atoms with Crippen LogP contribution in [0.5, 0.6) is 0 Å². The normalized spacial score (nSPS) is 18.2. The molecular formula is C31H33N4O3S+. The summed E-state index contributed by atoms with van der Waals surface area (Å²) in [5.41, 5.74) is 5.91. The largest absolute Gasteiger partial charge is 0.336 e. The van der Waals surface area contributed by atoms with Crippen LogP contribution in [-0.2, 0) is 29.5 Å². The summed E-state index contributed by atoms with van der Waals surface area (Å²) in [5, 5.41) is 0.872. The van der Waals surface area contributed by atoms with Gasteiger partial charge in [0.2, 0.25) is 10.0 Å². The number of carbonyl (C=O) groups is 1. The van der Waals surface area contributed by atoms with Gasteiger partial charge >= 0.3 is 0 Å². The number of piperazine rings is 1. The van der Waals surface area contributed by atoms with Gasteiger partial charge in [0, 0.05) is 49.1 Å². The Morgan fingerprint density at radius 2 is 1.59 bits per heavy atom. The molecule has 0 aliphatic carbocycles. The van der Waals surface area contributed by atoms with Crippen molar-refractivity contribution >= 4 is 26.8 Å². The summed E-state index contributed by atoms with van der Waals surface area (Å²) in [6.07, 6.45) is 0.825. The number of hydrogen-bond donors (Lipinski definition) is 1. The molecule has 6 rings (SSSR count). The second-order valence-electron chi connectivity index (χ2n) is 10.5. The Kier molecular flexibility index (Phi) is 6.93. The fraction of sp³-hybridized carbons (Fsp3) is 0.290. The van der Waals surface area contributed by atoms with E-state index in [1.54, 1.807) is 12.1 Å². The van der Waals surface area contributed by atoms with Gasteiger partial charge in [0.05, 0.1) is 28.2 Å². The van der Waals surface area contributed by atoms with Gasteiger partial charge in [-0.3, -0.25) is 9.78 Å². The Hall–Kier alpha value is -3.59. The summed E-state index contributed by atoms with van der Waals surface area (Å²) in [5.74, 6) is -0.0294. The van der Waals surface area contributed by atoms with Crippen LogP contribution < -0.4 is 4.90 Å². The standard InChI is InChI=1S/C31H32N4O3S/c1-23-11-13-25(14-12-23)39(37,38)35-19-17-34(18-20-35)31(36)30-26-9-5-6-10-28(26)32-29-15-16-33(22-27(29)30)21-24-7-3-2-4-8-24/h2-14H,15-22H2,1H3/p+1. The van der Waals surface area contributed by atoms with Crippen molar-refractivity contribution < 1.29 is 18.1 Å². The van der Waals surface area contributed by atoms with Crippen molar-refractivity contribution in [1.82, 2.24) is 14.2 Å². The van der Waals surface area contributed by atoms with E-state index >= 15 is 0 Å². The van der Waals surface area contributed by atoms with Gasteiger partial charge in [-0.25, -0.2) is 8.42 Å². The maximum atomic E-state index is 14.1. The molecule has 1 aromatic heterocycles. The molecule has 3 aromatic carbocycles. The lowest BCUT2D eigenvalue weighted by atomic mass is 9.94. The van der Waals surface area contributed by atoms with Crippen molar-refractivity contribution in [2.24, 2.45) is 0 Å². The van der Waals surface area contributed by atoms with Crippen molar-refractivity contribution in [1.29, 1.82) is 0 Å². The minimum absolute atomic E-state index is 0.0294. The lowest BCUT2D eigenvalue weighted by Crippen LogP contribution is -3.10. The minimum atomic E-state index is -3.60. The van der Waals surface area contributed by atoms with Crippen LogP contribution in [0, 0.1) is 6.92 Å². The monoisotopic (exact) mass is 541 g/mol. The second kappa shape index (κ2) is 10.5. The fourth-order valence-corrected chi connectivity index (χ4v) is 7.18. The highest BCUT2D eigenvalue weighted by Crippen LogP contribution is 2.27. The van der Waals surface area contributed by atoms with Crippen molar-refractivity contribution in [3.8, 4) is 0 Å². The molecule has 1 saturated heterocycles. The maximum absolute atomic E-state index is 14.1. The number of quaternary nitrogens is 1. The molecule has 39 heavy (non-hydrogen) atoms. The molecule has 1 N–H and O–H groups in total. The molecule has 0 bridgehead atoms. The third kappa shape index (κ3) is 5.07. The van der Waals surface area contributed by atoms with E-state index in [2.05, 4.69) is 24.3 Å². The molecule has 1 amide bonds. The maximum Gasteiger partial charge on any atom is 0.255 e. The summed E-state index contributed by atoms with van der Waals surface area (Å²) >= 11 is 0. The highest BCUT2D eigenvalue weighted by molar-refractivity contribution is 7.89. The van der Waals surface area contributed by atoms with Crippen molar-refractivity contribution in [3.05, 3.63) is 107 Å². The number of sulfonamides is 1. The van der Waals surface area contributed by atoms with E-state index in [9.17, 15) is 13.2 Å². The lowest BCUT2D eigenvalue weighted by molar-refractivity contribution is -0.929. The van der Waals surface area contributed by atoms with Gasteiger partial charge in [-0.05, 0) is 25.1 Å². The minimum Gasteiger partial charge on any atom is -0.336 e. The average molecular weight is 542 g/mol. The third-order valence-electron chi connectivity index (χ3n) is 7.92. The number of benzene rings is 3. The molecule has 2 aliphatic heterocycles. The van der Waals surface area contributed by atoms with Gasteiger partial charge in [-0.15, -0.1) is 0 Å². The SMILES string of the molecule is Cc1ccc(S(=O)(=O)N2CCN(C(=O)c3c4c(nc5ccccc35)CC[NH+](Cc3ccccc3)C4)CC2)cc1. The number of carbonyl (C=O) groups excluding carboxylic acids is 1. The molecule has 3 heterocycles. The summed E-state index contributed by atoms with van der Waals surface area (Å²) in [7, 11) is -3.60. The quantitative estimate of drug-likeness (QED) is 0.422. The van der Waals surface area contributed by atoms with Gasteiger partial charge in [-0.2, -0.15) is 4.31 Å². The van der Waals surface area contributed by atoms with Crippen molar-refractivity contribution in [2.75, 3.05) is 32.7 Å². The summed E-state index contributed by atoms with van der Waals surface area (Å²) in [6, 6.07) is 25.3. The van der Waals surface area contributed by atoms with Crippen molar-refractivity contribution in [3.63, 3.8) is 0 Å². The summed E-state index contributed by atoms with van der Waals surface area (Å²) < 4.78 is 27.9. The van der Waals surface area contributed by atoms with Gasteiger partial charge in [0.1, 0.15) is 13.1 Å². The molecule has 1 unspecified atom stereocenters. The first-order valence-corrected chi connectivity index (χ1v) is 15.0. The van der Waals surface area contributed by atoms with E-state index in [0.717, 1.165) is 59.3 Å². The molecule has 7 nitrogen and oxygen atoms in total. The van der Waals surface area contributed by atoms with Gasteiger partial charge in [-0.1, -0.05) is 66.2 Å². The van der Waals surface area contributed by atoms with E-state index in [1.165, 1.54) is 14.8 Å². The summed E-state index contributed by atoms with van der Waals surface area (Å²) in [4.78, 5) is 22.6. The topological polar surface area (TPSA) is 75.0 Å². The molecule has 0 saturated carbocycles. The number of fused-ring (bicyclic) bond motifs is 2. The molecular weight excluding hydrogens is 508 g/mol. The highest BCUT2D eigenvalue weighted by atomic mass is 32.2. The molecule has 0 radical (unpaired) electrons. The van der Waals surface area contributed by atoms with E-state index in [4.69, 9.17) is 4.98 Å². The Morgan fingerprint density at radius 1 is 0.897 bits per heavy atom. The average Bonchev–Trinajstić information content (AvgIpc) is 2.96. The lowest BCUT2D eigenvalue weighted by Gasteiger charge is -2.35. The molecule has 4 aromatic rings. The van der Waals surface area contributed by atoms with Gasteiger partial charge in [0.25, 0.3) is 5.91 Å². The Labute approximate surface area is 229 Å². The van der Waals surface area contributed by atoms with Crippen LogP contribution in [0.2, 0.25) is 0 Å². The third-order valence-corrected chi connectivity index (χ3v) is 9.83. The van der Waals surface area contributed by atoms with Crippen LogP contribution >= 0.6 is 0 Å². The predicted molar refractivity (Wildman–Crippen MR) is 151 cm³/mol. The number of aryl methyl sites for hydroxylation is 1. The second-order valence-corrected chi connectivity index (χ2v) is 12.5. The van der Waals surface area contributed by atoms with Crippen LogP contribution in [0.4, 0.5) is 0 Å². The van der Waals surface area contributed by atoms with E-state index < -0.39 is 10.0 Å². The Bertz CT molecular complexity index is 1610.